The first-order valence-electron chi connectivity index (χ1n) is 6.20. The molecule has 0 radical (unpaired) electrons. The summed E-state index contributed by atoms with van der Waals surface area (Å²) in [6, 6.07) is 1.90. The van der Waals surface area contributed by atoms with E-state index in [1.807, 2.05) is 17.9 Å². The summed E-state index contributed by atoms with van der Waals surface area (Å²) in [4.78, 5) is 14.0. The lowest BCUT2D eigenvalue weighted by Gasteiger charge is -2.30. The zero-order valence-electron chi connectivity index (χ0n) is 9.98. The number of aromatic nitrogens is 2. The molecule has 5 heteroatoms. The molecule has 0 aromatic carbocycles. The lowest BCUT2D eigenvalue weighted by atomic mass is 10.2. The molecule has 2 fully saturated rings. The van der Waals surface area contributed by atoms with Crippen molar-refractivity contribution < 1.29 is 9.53 Å². The first-order valence-corrected chi connectivity index (χ1v) is 6.20. The fourth-order valence-corrected chi connectivity index (χ4v) is 2.21. The van der Waals surface area contributed by atoms with Crippen molar-refractivity contribution in [2.24, 2.45) is 0 Å². The minimum Gasteiger partial charge on any atom is -0.375 e. The van der Waals surface area contributed by atoms with E-state index in [4.69, 9.17) is 4.74 Å². The van der Waals surface area contributed by atoms with Crippen molar-refractivity contribution in [3.8, 4) is 0 Å². The molecule has 1 atom stereocenters. The predicted octanol–water partition coefficient (Wildman–Crippen LogP) is 1.15. The van der Waals surface area contributed by atoms with Gasteiger partial charge in [-0.25, -0.2) is 0 Å². The third kappa shape index (κ3) is 2.20. The van der Waals surface area contributed by atoms with Crippen molar-refractivity contribution in [1.82, 2.24) is 15.1 Å². The summed E-state index contributed by atoms with van der Waals surface area (Å²) in [5.74, 6) is 0.621. The SMILES string of the molecule is C[C@@H]1CN(C(=O)c2cc(C3CC3)[nH]n2)CCO1. The van der Waals surface area contributed by atoms with Gasteiger partial charge in [-0.1, -0.05) is 0 Å². The van der Waals surface area contributed by atoms with Gasteiger partial charge in [0.05, 0.1) is 12.7 Å². The van der Waals surface area contributed by atoms with Gasteiger partial charge >= 0.3 is 0 Å². The van der Waals surface area contributed by atoms with Crippen LogP contribution in [0.5, 0.6) is 0 Å². The second-order valence-corrected chi connectivity index (χ2v) is 4.92. The van der Waals surface area contributed by atoms with Crippen molar-refractivity contribution >= 4 is 5.91 Å². The lowest BCUT2D eigenvalue weighted by molar-refractivity contribution is -0.0126. The van der Waals surface area contributed by atoms with Gasteiger partial charge in [0.2, 0.25) is 0 Å². The fourth-order valence-electron chi connectivity index (χ4n) is 2.21. The second kappa shape index (κ2) is 4.14. The van der Waals surface area contributed by atoms with Crippen LogP contribution in [0.25, 0.3) is 0 Å². The zero-order valence-corrected chi connectivity index (χ0v) is 9.98. The van der Waals surface area contributed by atoms with E-state index in [0.717, 1.165) is 5.69 Å². The van der Waals surface area contributed by atoms with Gasteiger partial charge in [0.15, 0.2) is 0 Å². The second-order valence-electron chi connectivity index (χ2n) is 4.92. The summed E-state index contributed by atoms with van der Waals surface area (Å²) >= 11 is 0. The average molecular weight is 235 g/mol. The van der Waals surface area contributed by atoms with Crippen LogP contribution in [0.2, 0.25) is 0 Å². The summed E-state index contributed by atoms with van der Waals surface area (Å²) in [6.45, 7) is 3.92. The highest BCUT2D eigenvalue weighted by Gasteiger charge is 2.28. The molecule has 0 unspecified atom stereocenters. The van der Waals surface area contributed by atoms with E-state index >= 15 is 0 Å². The Bertz CT molecular complexity index is 425. The van der Waals surface area contributed by atoms with Crippen LogP contribution in [0.1, 0.15) is 41.9 Å². The number of morpholine rings is 1. The molecule has 0 spiro atoms. The van der Waals surface area contributed by atoms with Crippen molar-refractivity contribution in [3.63, 3.8) is 0 Å². The van der Waals surface area contributed by atoms with Crippen LogP contribution in [-0.4, -0.2) is 46.8 Å². The van der Waals surface area contributed by atoms with Gasteiger partial charge in [-0.2, -0.15) is 5.10 Å². The Morgan fingerprint density at radius 2 is 2.41 bits per heavy atom. The van der Waals surface area contributed by atoms with Gasteiger partial charge in [-0.15, -0.1) is 0 Å². The summed E-state index contributed by atoms with van der Waals surface area (Å²) in [5, 5.41) is 7.09. The molecule has 1 saturated carbocycles. The Labute approximate surface area is 100 Å². The molecule has 5 nitrogen and oxygen atoms in total. The molecule has 3 rings (SSSR count). The summed E-state index contributed by atoms with van der Waals surface area (Å²) in [7, 11) is 0. The molecule has 2 aliphatic rings. The summed E-state index contributed by atoms with van der Waals surface area (Å²) in [5.41, 5.74) is 1.65. The first kappa shape index (κ1) is 10.8. The van der Waals surface area contributed by atoms with E-state index in [0.29, 0.717) is 31.3 Å². The Balaban J connectivity index is 1.71. The third-order valence-corrected chi connectivity index (χ3v) is 3.36. The molecule has 92 valence electrons. The van der Waals surface area contributed by atoms with Gasteiger partial charge in [0.1, 0.15) is 5.69 Å². The van der Waals surface area contributed by atoms with Crippen LogP contribution < -0.4 is 0 Å². The molecule has 1 amide bonds. The number of amides is 1. The molecule has 2 heterocycles. The standard InChI is InChI=1S/C12H17N3O2/c1-8-7-15(4-5-17-8)12(16)11-6-10(13-14-11)9-2-3-9/h6,8-9H,2-5,7H2,1H3,(H,13,14)/t8-/m1/s1. The van der Waals surface area contributed by atoms with Gasteiger partial charge in [-0.3, -0.25) is 9.89 Å². The minimum atomic E-state index is 0.0169. The topological polar surface area (TPSA) is 58.2 Å². The van der Waals surface area contributed by atoms with E-state index in [-0.39, 0.29) is 12.0 Å². The number of nitrogens with one attached hydrogen (secondary N) is 1. The molecule has 1 aromatic rings. The molecule has 1 N–H and O–H groups in total. The third-order valence-electron chi connectivity index (χ3n) is 3.36. The van der Waals surface area contributed by atoms with Gasteiger partial charge < -0.3 is 9.64 Å². The summed E-state index contributed by atoms with van der Waals surface area (Å²) in [6.07, 6.45) is 2.55. The smallest absolute Gasteiger partial charge is 0.274 e. The van der Waals surface area contributed by atoms with Crippen LogP contribution in [0.15, 0.2) is 6.07 Å². The number of carbonyl (C=O) groups is 1. The minimum absolute atomic E-state index is 0.0169. The maximum atomic E-state index is 12.2. The van der Waals surface area contributed by atoms with Crippen LogP contribution in [0, 0.1) is 0 Å². The number of aromatic amines is 1. The maximum absolute atomic E-state index is 12.2. The number of ether oxygens (including phenoxy) is 1. The molecule has 0 bridgehead atoms. The average Bonchev–Trinajstić information content (AvgIpc) is 3.07. The van der Waals surface area contributed by atoms with Crippen molar-refractivity contribution in [3.05, 3.63) is 17.5 Å². The first-order chi connectivity index (χ1) is 8.24. The number of hydrogen-bond donors (Lipinski definition) is 1. The maximum Gasteiger partial charge on any atom is 0.274 e. The normalized spacial score (nSPS) is 25.0. The molecule has 17 heavy (non-hydrogen) atoms. The van der Waals surface area contributed by atoms with Crippen molar-refractivity contribution in [2.45, 2.75) is 31.8 Å². The van der Waals surface area contributed by atoms with Gasteiger partial charge in [0, 0.05) is 24.7 Å². The molecule has 1 saturated heterocycles. The molecule has 1 aromatic heterocycles. The van der Waals surface area contributed by atoms with E-state index in [9.17, 15) is 4.79 Å². The Morgan fingerprint density at radius 1 is 1.59 bits per heavy atom. The van der Waals surface area contributed by atoms with Gasteiger partial charge in [-0.05, 0) is 25.8 Å². The highest BCUT2D eigenvalue weighted by atomic mass is 16.5. The number of H-pyrrole nitrogens is 1. The van der Waals surface area contributed by atoms with Crippen molar-refractivity contribution in [2.75, 3.05) is 19.7 Å². The Morgan fingerprint density at radius 3 is 3.12 bits per heavy atom. The number of rotatable bonds is 2. The highest BCUT2D eigenvalue weighted by Crippen LogP contribution is 2.39. The molecular weight excluding hydrogens is 218 g/mol. The van der Waals surface area contributed by atoms with E-state index in [1.165, 1.54) is 12.8 Å². The Kier molecular flexibility index (Phi) is 2.63. The Hall–Kier alpha value is -1.36. The summed E-state index contributed by atoms with van der Waals surface area (Å²) < 4.78 is 5.43. The van der Waals surface area contributed by atoms with Crippen LogP contribution in [-0.2, 0) is 4.74 Å². The number of hydrogen-bond acceptors (Lipinski definition) is 3. The zero-order chi connectivity index (χ0) is 11.8. The quantitative estimate of drug-likeness (QED) is 0.836. The van der Waals surface area contributed by atoms with Crippen molar-refractivity contribution in [1.29, 1.82) is 0 Å². The molecular formula is C12H17N3O2. The highest BCUT2D eigenvalue weighted by molar-refractivity contribution is 5.92. The lowest BCUT2D eigenvalue weighted by Crippen LogP contribution is -2.44. The predicted molar refractivity (Wildman–Crippen MR) is 61.9 cm³/mol. The fraction of sp³-hybridized carbons (Fsp3) is 0.667. The largest absolute Gasteiger partial charge is 0.375 e. The van der Waals surface area contributed by atoms with E-state index in [2.05, 4.69) is 10.2 Å². The van der Waals surface area contributed by atoms with Crippen LogP contribution >= 0.6 is 0 Å². The van der Waals surface area contributed by atoms with Crippen LogP contribution in [0.4, 0.5) is 0 Å². The number of nitrogens with zero attached hydrogens (tertiary/aromatic N) is 2. The monoisotopic (exact) mass is 235 g/mol. The van der Waals surface area contributed by atoms with Gasteiger partial charge in [0.25, 0.3) is 5.91 Å². The molecule has 1 aliphatic heterocycles. The van der Waals surface area contributed by atoms with Crippen LogP contribution in [0.3, 0.4) is 0 Å². The van der Waals surface area contributed by atoms with E-state index in [1.54, 1.807) is 0 Å². The number of carbonyl (C=O) groups excluding carboxylic acids is 1. The van der Waals surface area contributed by atoms with E-state index < -0.39 is 0 Å². The molecule has 1 aliphatic carbocycles.